The van der Waals surface area contributed by atoms with Gasteiger partial charge in [-0.05, 0) is 12.1 Å². The Morgan fingerprint density at radius 2 is 2.17 bits per heavy atom. The number of hydrogen-bond donors (Lipinski definition) is 1. The van der Waals surface area contributed by atoms with E-state index in [4.69, 9.17) is 11.6 Å². The fraction of sp³-hybridized carbons (Fsp3) is 0.250. The van der Waals surface area contributed by atoms with Gasteiger partial charge in [-0.25, -0.2) is 4.68 Å². The van der Waals surface area contributed by atoms with Gasteiger partial charge in [0, 0.05) is 18.7 Å². The van der Waals surface area contributed by atoms with Gasteiger partial charge in [0.1, 0.15) is 0 Å². The van der Waals surface area contributed by atoms with Crippen LogP contribution in [0.5, 0.6) is 0 Å². The second-order valence-corrected chi connectivity index (χ2v) is 4.61. The topological polar surface area (TPSA) is 59.8 Å². The Morgan fingerprint density at radius 3 is 2.83 bits per heavy atom. The van der Waals surface area contributed by atoms with Crippen molar-refractivity contribution in [1.82, 2.24) is 20.3 Å². The zero-order chi connectivity index (χ0) is 12.5. The number of carbonyl (C=O) groups excluding carboxylic acids is 1. The van der Waals surface area contributed by atoms with Crippen LogP contribution in [0.15, 0.2) is 30.5 Å². The second kappa shape index (κ2) is 4.51. The SMILES string of the molecule is O=C(c1cn(C2CNC2)nn1)c1ccccc1Cl. The van der Waals surface area contributed by atoms with Crippen LogP contribution in [0, 0.1) is 0 Å². The summed E-state index contributed by atoms with van der Waals surface area (Å²) in [5.41, 5.74) is 0.785. The lowest BCUT2D eigenvalue weighted by molar-refractivity contribution is 0.103. The molecule has 2 heterocycles. The summed E-state index contributed by atoms with van der Waals surface area (Å²) < 4.78 is 1.72. The number of aromatic nitrogens is 3. The van der Waals surface area contributed by atoms with E-state index in [1.54, 1.807) is 35.1 Å². The summed E-state index contributed by atoms with van der Waals surface area (Å²) in [6.45, 7) is 1.73. The van der Waals surface area contributed by atoms with E-state index < -0.39 is 0 Å². The Balaban J connectivity index is 1.88. The highest BCUT2D eigenvalue weighted by molar-refractivity contribution is 6.34. The highest BCUT2D eigenvalue weighted by atomic mass is 35.5. The summed E-state index contributed by atoms with van der Waals surface area (Å²) in [6, 6.07) is 7.24. The van der Waals surface area contributed by atoms with Crippen molar-refractivity contribution in [2.75, 3.05) is 13.1 Å². The lowest BCUT2D eigenvalue weighted by Crippen LogP contribution is -2.43. The Morgan fingerprint density at radius 1 is 1.39 bits per heavy atom. The molecule has 1 aromatic heterocycles. The van der Waals surface area contributed by atoms with Gasteiger partial charge < -0.3 is 5.32 Å². The normalized spacial score (nSPS) is 15.4. The minimum Gasteiger partial charge on any atom is -0.312 e. The van der Waals surface area contributed by atoms with Gasteiger partial charge in [0.05, 0.1) is 17.3 Å². The summed E-state index contributed by atoms with van der Waals surface area (Å²) in [5.74, 6) is -0.195. The molecule has 1 fully saturated rings. The third-order valence-corrected chi connectivity index (χ3v) is 3.33. The van der Waals surface area contributed by atoms with Crippen molar-refractivity contribution in [2.24, 2.45) is 0 Å². The summed E-state index contributed by atoms with van der Waals surface area (Å²) in [4.78, 5) is 12.2. The molecule has 0 bridgehead atoms. The molecule has 0 radical (unpaired) electrons. The minimum absolute atomic E-state index is 0.195. The first-order valence-corrected chi connectivity index (χ1v) is 6.05. The summed E-state index contributed by atoms with van der Waals surface area (Å²) in [7, 11) is 0. The van der Waals surface area contributed by atoms with E-state index in [2.05, 4.69) is 15.6 Å². The number of hydrogen-bond acceptors (Lipinski definition) is 4. The zero-order valence-electron chi connectivity index (χ0n) is 9.51. The average Bonchev–Trinajstić information content (AvgIpc) is 2.76. The van der Waals surface area contributed by atoms with Crippen molar-refractivity contribution in [1.29, 1.82) is 0 Å². The monoisotopic (exact) mass is 262 g/mol. The maximum Gasteiger partial charge on any atom is 0.216 e. The van der Waals surface area contributed by atoms with Crippen molar-refractivity contribution in [2.45, 2.75) is 6.04 Å². The molecule has 1 aliphatic rings. The summed E-state index contributed by atoms with van der Waals surface area (Å²) in [6.07, 6.45) is 1.68. The Kier molecular flexibility index (Phi) is 2.85. The van der Waals surface area contributed by atoms with E-state index in [0.717, 1.165) is 13.1 Å². The van der Waals surface area contributed by atoms with Gasteiger partial charge in [-0.15, -0.1) is 5.10 Å². The molecule has 1 N–H and O–H groups in total. The Hall–Kier alpha value is -1.72. The molecule has 0 saturated carbocycles. The van der Waals surface area contributed by atoms with Crippen LogP contribution in [-0.4, -0.2) is 33.9 Å². The van der Waals surface area contributed by atoms with Gasteiger partial charge in [0.15, 0.2) is 5.69 Å². The molecule has 1 aromatic carbocycles. The van der Waals surface area contributed by atoms with E-state index >= 15 is 0 Å². The molecule has 18 heavy (non-hydrogen) atoms. The van der Waals surface area contributed by atoms with Crippen LogP contribution in [0.1, 0.15) is 22.1 Å². The lowest BCUT2D eigenvalue weighted by atomic mass is 10.1. The molecule has 3 rings (SSSR count). The molecule has 0 spiro atoms. The molecule has 5 nitrogen and oxygen atoms in total. The van der Waals surface area contributed by atoms with Crippen molar-refractivity contribution >= 4 is 17.4 Å². The van der Waals surface area contributed by atoms with Gasteiger partial charge in [0.2, 0.25) is 5.78 Å². The van der Waals surface area contributed by atoms with E-state index in [1.165, 1.54) is 0 Å². The van der Waals surface area contributed by atoms with Crippen molar-refractivity contribution < 1.29 is 4.79 Å². The lowest BCUT2D eigenvalue weighted by Gasteiger charge is -2.26. The maximum absolute atomic E-state index is 12.2. The molecule has 6 heteroatoms. The molecule has 1 saturated heterocycles. The van der Waals surface area contributed by atoms with Crippen LogP contribution in [0.3, 0.4) is 0 Å². The smallest absolute Gasteiger partial charge is 0.216 e. The molecule has 0 amide bonds. The van der Waals surface area contributed by atoms with Crippen LogP contribution < -0.4 is 5.32 Å². The van der Waals surface area contributed by atoms with Crippen molar-refractivity contribution in [3.63, 3.8) is 0 Å². The van der Waals surface area contributed by atoms with Gasteiger partial charge in [-0.2, -0.15) is 0 Å². The molecule has 92 valence electrons. The Bertz CT molecular complexity index is 591. The van der Waals surface area contributed by atoms with Crippen LogP contribution in [0.25, 0.3) is 0 Å². The van der Waals surface area contributed by atoms with E-state index in [0.29, 0.717) is 22.3 Å². The van der Waals surface area contributed by atoms with Crippen LogP contribution in [0.4, 0.5) is 0 Å². The van der Waals surface area contributed by atoms with E-state index in [9.17, 15) is 4.79 Å². The number of rotatable bonds is 3. The largest absolute Gasteiger partial charge is 0.312 e. The quantitative estimate of drug-likeness (QED) is 0.848. The average molecular weight is 263 g/mol. The fourth-order valence-corrected chi connectivity index (χ4v) is 2.02. The standard InChI is InChI=1S/C12H11ClN4O/c13-10-4-2-1-3-9(10)12(18)11-7-17(16-15-11)8-5-14-6-8/h1-4,7-8,14H,5-6H2. The van der Waals surface area contributed by atoms with Crippen LogP contribution in [0.2, 0.25) is 5.02 Å². The van der Waals surface area contributed by atoms with Gasteiger partial charge in [0.25, 0.3) is 0 Å². The second-order valence-electron chi connectivity index (χ2n) is 4.20. The Labute approximate surface area is 109 Å². The third kappa shape index (κ3) is 1.91. The maximum atomic E-state index is 12.2. The number of nitrogens with one attached hydrogen (secondary N) is 1. The third-order valence-electron chi connectivity index (χ3n) is 3.00. The molecular formula is C12H11ClN4O. The van der Waals surface area contributed by atoms with E-state index in [1.807, 2.05) is 0 Å². The van der Waals surface area contributed by atoms with Gasteiger partial charge in [-0.3, -0.25) is 4.79 Å². The predicted molar refractivity (Wildman–Crippen MR) is 66.8 cm³/mol. The minimum atomic E-state index is -0.195. The number of carbonyl (C=O) groups is 1. The van der Waals surface area contributed by atoms with Crippen LogP contribution in [-0.2, 0) is 0 Å². The van der Waals surface area contributed by atoms with Crippen LogP contribution >= 0.6 is 11.6 Å². The van der Waals surface area contributed by atoms with Crippen molar-refractivity contribution in [3.05, 3.63) is 46.7 Å². The molecule has 2 aromatic rings. The van der Waals surface area contributed by atoms with Gasteiger partial charge in [-0.1, -0.05) is 28.9 Å². The highest BCUT2D eigenvalue weighted by Crippen LogP contribution is 2.18. The molecule has 0 aliphatic carbocycles. The zero-order valence-corrected chi connectivity index (χ0v) is 10.3. The van der Waals surface area contributed by atoms with Crippen molar-refractivity contribution in [3.8, 4) is 0 Å². The molecule has 0 unspecified atom stereocenters. The molecule has 0 atom stereocenters. The fourth-order valence-electron chi connectivity index (χ4n) is 1.80. The van der Waals surface area contributed by atoms with E-state index in [-0.39, 0.29) is 5.78 Å². The molecule has 1 aliphatic heterocycles. The summed E-state index contributed by atoms with van der Waals surface area (Å²) >= 11 is 5.99. The van der Waals surface area contributed by atoms with Gasteiger partial charge >= 0.3 is 0 Å². The number of benzene rings is 1. The number of ketones is 1. The highest BCUT2D eigenvalue weighted by Gasteiger charge is 2.22. The first-order valence-electron chi connectivity index (χ1n) is 5.67. The first-order chi connectivity index (χ1) is 8.75. The number of halogens is 1. The summed E-state index contributed by atoms with van der Waals surface area (Å²) in [5, 5.41) is 11.5. The predicted octanol–water partition coefficient (Wildman–Crippen LogP) is 1.31. The molecular weight excluding hydrogens is 252 g/mol. The number of nitrogens with zero attached hydrogens (tertiary/aromatic N) is 3. The first kappa shape index (κ1) is 11.4.